The molecular weight excluding hydrogens is 348 g/mol. The van der Waals surface area contributed by atoms with E-state index in [0.717, 1.165) is 30.8 Å². The fourth-order valence-electron chi connectivity index (χ4n) is 4.78. The summed E-state index contributed by atoms with van der Waals surface area (Å²) in [6, 6.07) is 24.2. The maximum absolute atomic E-state index is 13.2. The van der Waals surface area contributed by atoms with E-state index >= 15 is 0 Å². The van der Waals surface area contributed by atoms with E-state index in [9.17, 15) is 4.79 Å². The van der Waals surface area contributed by atoms with E-state index in [4.69, 9.17) is 10.2 Å². The van der Waals surface area contributed by atoms with E-state index in [1.54, 1.807) is 6.26 Å². The Morgan fingerprint density at radius 1 is 1.04 bits per heavy atom. The van der Waals surface area contributed by atoms with Gasteiger partial charge < -0.3 is 15.5 Å². The summed E-state index contributed by atoms with van der Waals surface area (Å²) < 4.78 is 5.67. The Kier molecular flexibility index (Phi) is 5.31. The van der Waals surface area contributed by atoms with E-state index < -0.39 is 5.41 Å². The molecular formula is C24H26N2O2. The van der Waals surface area contributed by atoms with Gasteiger partial charge in [-0.25, -0.2) is 0 Å². The zero-order chi connectivity index (χ0) is 19.4. The number of nitrogens with two attached hydrogens (primary N) is 1. The van der Waals surface area contributed by atoms with Crippen molar-refractivity contribution in [3.8, 4) is 0 Å². The first kappa shape index (κ1) is 18.5. The molecule has 0 saturated carbocycles. The van der Waals surface area contributed by atoms with Gasteiger partial charge in [-0.2, -0.15) is 0 Å². The minimum atomic E-state index is -0.832. The number of primary amides is 1. The molecule has 4 nitrogen and oxygen atoms in total. The van der Waals surface area contributed by atoms with Crippen LogP contribution >= 0.6 is 0 Å². The second-order valence-electron chi connectivity index (χ2n) is 7.57. The maximum atomic E-state index is 13.2. The molecule has 0 spiro atoms. The number of furan rings is 1. The SMILES string of the molecule is NC(=O)C(Cc1ccco1)(c1ccccc1)C1CCNCC1c1ccccc1. The average Bonchev–Trinajstić information content (AvgIpc) is 3.26. The number of hydrogen-bond donors (Lipinski definition) is 2. The van der Waals surface area contributed by atoms with E-state index in [1.165, 1.54) is 5.56 Å². The highest BCUT2D eigenvalue weighted by molar-refractivity contribution is 5.87. The molecule has 144 valence electrons. The molecule has 2 heterocycles. The fraction of sp³-hybridized carbons (Fsp3) is 0.292. The molecule has 28 heavy (non-hydrogen) atoms. The third-order valence-electron chi connectivity index (χ3n) is 6.10. The summed E-state index contributed by atoms with van der Waals surface area (Å²) in [5.41, 5.74) is 7.56. The number of carbonyl (C=O) groups is 1. The summed E-state index contributed by atoms with van der Waals surface area (Å²) in [4.78, 5) is 13.2. The second kappa shape index (κ2) is 8.03. The van der Waals surface area contributed by atoms with Crippen LogP contribution in [0.3, 0.4) is 0 Å². The van der Waals surface area contributed by atoms with Gasteiger partial charge in [-0.05, 0) is 42.1 Å². The summed E-state index contributed by atoms with van der Waals surface area (Å²) in [5.74, 6) is 0.759. The number of benzene rings is 2. The minimum absolute atomic E-state index is 0.0705. The highest BCUT2D eigenvalue weighted by Crippen LogP contribution is 2.46. The number of amides is 1. The molecule has 2 aromatic carbocycles. The van der Waals surface area contributed by atoms with Crippen molar-refractivity contribution >= 4 is 5.91 Å². The van der Waals surface area contributed by atoms with Crippen LogP contribution in [0.15, 0.2) is 83.5 Å². The van der Waals surface area contributed by atoms with Gasteiger partial charge in [0.2, 0.25) is 5.91 Å². The first-order chi connectivity index (χ1) is 13.7. The molecule has 4 heteroatoms. The molecule has 1 aliphatic rings. The van der Waals surface area contributed by atoms with E-state index in [1.807, 2.05) is 48.5 Å². The van der Waals surface area contributed by atoms with Crippen molar-refractivity contribution in [3.63, 3.8) is 0 Å². The van der Waals surface area contributed by atoms with Crippen molar-refractivity contribution in [2.24, 2.45) is 11.7 Å². The average molecular weight is 374 g/mol. The summed E-state index contributed by atoms with van der Waals surface area (Å²) in [5, 5.41) is 3.51. The van der Waals surface area contributed by atoms with Crippen LogP contribution in [0.4, 0.5) is 0 Å². The van der Waals surface area contributed by atoms with Gasteiger partial charge in [0.25, 0.3) is 0 Å². The van der Waals surface area contributed by atoms with Gasteiger partial charge in [0, 0.05) is 18.9 Å². The van der Waals surface area contributed by atoms with Crippen molar-refractivity contribution in [1.82, 2.24) is 5.32 Å². The molecule has 3 aromatic rings. The molecule has 0 aliphatic carbocycles. The van der Waals surface area contributed by atoms with Gasteiger partial charge in [0.15, 0.2) is 0 Å². The molecule has 1 aromatic heterocycles. The molecule has 1 saturated heterocycles. The number of rotatable bonds is 6. The van der Waals surface area contributed by atoms with Crippen LogP contribution in [0.1, 0.15) is 29.2 Å². The van der Waals surface area contributed by atoms with Crippen LogP contribution in [0.5, 0.6) is 0 Å². The summed E-state index contributed by atoms with van der Waals surface area (Å²) >= 11 is 0. The maximum Gasteiger partial charge on any atom is 0.228 e. The van der Waals surface area contributed by atoms with Crippen LogP contribution in [0.25, 0.3) is 0 Å². The lowest BCUT2D eigenvalue weighted by Gasteiger charge is -2.45. The van der Waals surface area contributed by atoms with Crippen LogP contribution in [0, 0.1) is 5.92 Å². The van der Waals surface area contributed by atoms with Crippen LogP contribution in [0.2, 0.25) is 0 Å². The quantitative estimate of drug-likeness (QED) is 0.692. The Labute approximate surface area is 165 Å². The molecule has 1 aliphatic heterocycles. The standard InChI is InChI=1S/C24H26N2O2/c25-23(27)24(16-20-12-7-15-28-20,19-10-5-2-6-11-19)22-13-14-26-17-21(22)18-8-3-1-4-9-18/h1-12,15,21-22,26H,13-14,16-17H2,(H2,25,27). The number of carbonyl (C=O) groups excluding carboxylic acids is 1. The summed E-state index contributed by atoms with van der Waals surface area (Å²) in [6.07, 6.45) is 2.99. The normalized spacial score (nSPS) is 21.7. The third kappa shape index (κ3) is 3.36. The lowest BCUT2D eigenvalue weighted by atomic mass is 9.59. The van der Waals surface area contributed by atoms with Crippen molar-refractivity contribution in [2.45, 2.75) is 24.2 Å². The number of piperidine rings is 1. The topological polar surface area (TPSA) is 68.3 Å². The van der Waals surface area contributed by atoms with Crippen LogP contribution in [-0.2, 0) is 16.6 Å². The Morgan fingerprint density at radius 2 is 1.75 bits per heavy atom. The largest absolute Gasteiger partial charge is 0.469 e. The first-order valence-corrected chi connectivity index (χ1v) is 9.85. The predicted octanol–water partition coefficient (Wildman–Crippen LogP) is 3.64. The molecule has 3 atom stereocenters. The van der Waals surface area contributed by atoms with E-state index in [2.05, 4.69) is 29.6 Å². The summed E-state index contributed by atoms with van der Waals surface area (Å²) in [6.45, 7) is 1.70. The zero-order valence-corrected chi connectivity index (χ0v) is 15.9. The molecule has 1 amide bonds. The predicted molar refractivity (Wildman–Crippen MR) is 110 cm³/mol. The van der Waals surface area contributed by atoms with Gasteiger partial charge in [-0.1, -0.05) is 60.7 Å². The first-order valence-electron chi connectivity index (χ1n) is 9.85. The van der Waals surface area contributed by atoms with E-state index in [-0.39, 0.29) is 17.7 Å². The molecule has 4 rings (SSSR count). The summed E-state index contributed by atoms with van der Waals surface area (Å²) in [7, 11) is 0. The van der Waals surface area contributed by atoms with Gasteiger partial charge >= 0.3 is 0 Å². The van der Waals surface area contributed by atoms with Crippen LogP contribution < -0.4 is 11.1 Å². The fourth-order valence-corrected chi connectivity index (χ4v) is 4.78. The highest BCUT2D eigenvalue weighted by atomic mass is 16.3. The molecule has 0 radical (unpaired) electrons. The third-order valence-corrected chi connectivity index (χ3v) is 6.10. The minimum Gasteiger partial charge on any atom is -0.469 e. The van der Waals surface area contributed by atoms with E-state index in [0.29, 0.717) is 6.42 Å². The zero-order valence-electron chi connectivity index (χ0n) is 15.9. The molecule has 3 N–H and O–H groups in total. The molecule has 3 unspecified atom stereocenters. The van der Waals surface area contributed by atoms with Gasteiger partial charge in [-0.15, -0.1) is 0 Å². The monoisotopic (exact) mass is 374 g/mol. The van der Waals surface area contributed by atoms with Crippen LogP contribution in [-0.4, -0.2) is 19.0 Å². The molecule has 1 fully saturated rings. The Balaban J connectivity index is 1.86. The smallest absolute Gasteiger partial charge is 0.228 e. The van der Waals surface area contributed by atoms with Crippen molar-refractivity contribution in [2.75, 3.05) is 13.1 Å². The molecule has 0 bridgehead atoms. The van der Waals surface area contributed by atoms with Gasteiger partial charge in [0.05, 0.1) is 11.7 Å². The Bertz CT molecular complexity index is 893. The van der Waals surface area contributed by atoms with Crippen molar-refractivity contribution in [1.29, 1.82) is 0 Å². The number of nitrogens with one attached hydrogen (secondary N) is 1. The Hall–Kier alpha value is -2.85. The van der Waals surface area contributed by atoms with Gasteiger partial charge in [0.1, 0.15) is 5.76 Å². The van der Waals surface area contributed by atoms with Crippen molar-refractivity contribution in [3.05, 3.63) is 95.9 Å². The lowest BCUT2D eigenvalue weighted by Crippen LogP contribution is -2.54. The lowest BCUT2D eigenvalue weighted by molar-refractivity contribution is -0.126. The number of hydrogen-bond acceptors (Lipinski definition) is 3. The Morgan fingerprint density at radius 3 is 2.39 bits per heavy atom. The van der Waals surface area contributed by atoms with Crippen molar-refractivity contribution < 1.29 is 9.21 Å². The second-order valence-corrected chi connectivity index (χ2v) is 7.57. The highest BCUT2D eigenvalue weighted by Gasteiger charge is 2.50. The van der Waals surface area contributed by atoms with Gasteiger partial charge in [-0.3, -0.25) is 4.79 Å².